The van der Waals surface area contributed by atoms with Crippen LogP contribution in [0.1, 0.15) is 5.56 Å². The molecule has 27 heavy (non-hydrogen) atoms. The van der Waals surface area contributed by atoms with E-state index in [1.165, 1.54) is 30.6 Å². The van der Waals surface area contributed by atoms with Crippen LogP contribution in [0.3, 0.4) is 0 Å². The van der Waals surface area contributed by atoms with Gasteiger partial charge in [0.25, 0.3) is 5.69 Å². The van der Waals surface area contributed by atoms with Gasteiger partial charge in [0, 0.05) is 25.0 Å². The van der Waals surface area contributed by atoms with E-state index in [9.17, 15) is 23.3 Å². The molecule has 0 aliphatic heterocycles. The van der Waals surface area contributed by atoms with Crippen molar-refractivity contribution in [1.82, 2.24) is 9.97 Å². The van der Waals surface area contributed by atoms with Crippen LogP contribution in [0.25, 0.3) is 10.9 Å². The summed E-state index contributed by atoms with van der Waals surface area (Å²) in [7, 11) is 0. The molecule has 3 aromatic rings. The van der Waals surface area contributed by atoms with E-state index < -0.39 is 22.5 Å². The second-order valence-electron chi connectivity index (χ2n) is 5.42. The number of nitrogens with zero attached hydrogens (tertiary/aromatic N) is 3. The van der Waals surface area contributed by atoms with Crippen LogP contribution in [0.5, 0.6) is 5.88 Å². The normalized spacial score (nSPS) is 11.4. The molecule has 0 saturated heterocycles. The van der Waals surface area contributed by atoms with Gasteiger partial charge in [0.15, 0.2) is 0 Å². The fourth-order valence-corrected chi connectivity index (χ4v) is 2.51. The Balaban J connectivity index is 1.71. The van der Waals surface area contributed by atoms with Crippen molar-refractivity contribution < 1.29 is 22.8 Å². The second kappa shape index (κ2) is 7.44. The highest BCUT2D eigenvalue weighted by Gasteiger charge is 2.35. The molecule has 0 amide bonds. The first-order chi connectivity index (χ1) is 12.9. The lowest BCUT2D eigenvalue weighted by atomic mass is 10.1. The van der Waals surface area contributed by atoms with Gasteiger partial charge in [0.1, 0.15) is 17.7 Å². The largest absolute Gasteiger partial charge is 0.475 e. The van der Waals surface area contributed by atoms with Crippen LogP contribution in [-0.2, 0) is 6.18 Å². The number of nitro groups is 1. The van der Waals surface area contributed by atoms with Gasteiger partial charge in [-0.3, -0.25) is 15.1 Å². The van der Waals surface area contributed by atoms with Crippen LogP contribution < -0.4 is 10.1 Å². The van der Waals surface area contributed by atoms with Gasteiger partial charge in [0.05, 0.1) is 16.0 Å². The molecular formula is C17H13F3N4O3. The minimum atomic E-state index is -4.56. The summed E-state index contributed by atoms with van der Waals surface area (Å²) in [5.41, 5.74) is -0.131. The number of aromatic nitrogens is 2. The summed E-state index contributed by atoms with van der Waals surface area (Å²) in [4.78, 5) is 18.3. The number of benzene rings is 1. The third-order valence-electron chi connectivity index (χ3n) is 3.68. The summed E-state index contributed by atoms with van der Waals surface area (Å²) in [6, 6.07) is 8.07. The third-order valence-corrected chi connectivity index (χ3v) is 3.68. The van der Waals surface area contributed by atoms with E-state index in [1.54, 1.807) is 12.1 Å². The molecule has 0 fully saturated rings. The molecular weight excluding hydrogens is 365 g/mol. The van der Waals surface area contributed by atoms with Crippen LogP contribution in [0, 0.1) is 10.1 Å². The van der Waals surface area contributed by atoms with Crippen LogP contribution in [0.2, 0.25) is 0 Å². The Morgan fingerprint density at radius 3 is 2.59 bits per heavy atom. The van der Waals surface area contributed by atoms with Gasteiger partial charge in [-0.2, -0.15) is 13.2 Å². The van der Waals surface area contributed by atoms with Crippen molar-refractivity contribution in [2.24, 2.45) is 0 Å². The van der Waals surface area contributed by atoms with E-state index in [-0.39, 0.29) is 18.8 Å². The number of ether oxygens (including phenoxy) is 1. The summed E-state index contributed by atoms with van der Waals surface area (Å²) >= 11 is 0. The number of hydrogen-bond donors (Lipinski definition) is 1. The lowest BCUT2D eigenvalue weighted by molar-refractivity contribution is -0.383. The number of pyridine rings is 2. The van der Waals surface area contributed by atoms with Gasteiger partial charge in [-0.1, -0.05) is 0 Å². The Morgan fingerprint density at radius 1 is 1.11 bits per heavy atom. The van der Waals surface area contributed by atoms with Gasteiger partial charge >= 0.3 is 6.18 Å². The number of non-ortho nitro benzene ring substituents is 1. The van der Waals surface area contributed by atoms with Crippen molar-refractivity contribution >= 4 is 22.3 Å². The van der Waals surface area contributed by atoms with Crippen LogP contribution in [0.4, 0.5) is 24.5 Å². The van der Waals surface area contributed by atoms with E-state index in [0.717, 1.165) is 6.07 Å². The van der Waals surface area contributed by atoms with Gasteiger partial charge in [-0.05, 0) is 30.3 Å². The quantitative estimate of drug-likeness (QED) is 0.395. The highest BCUT2D eigenvalue weighted by atomic mass is 19.4. The monoisotopic (exact) mass is 378 g/mol. The molecule has 0 radical (unpaired) electrons. The molecule has 3 rings (SSSR count). The molecule has 0 bridgehead atoms. The number of nitrogens with one attached hydrogen (secondary N) is 1. The standard InChI is InChI=1S/C17H13F3N4O3/c18-17(19,20)12-4-2-8-23-16(12)27-10-9-21-13-5-6-14(24(25)26)11-3-1-7-22-15(11)13/h1-8,21H,9-10H2. The van der Waals surface area contributed by atoms with Gasteiger partial charge in [-0.15, -0.1) is 0 Å². The van der Waals surface area contributed by atoms with Crippen molar-refractivity contribution in [1.29, 1.82) is 0 Å². The number of rotatable bonds is 6. The molecule has 0 atom stereocenters. The maximum absolute atomic E-state index is 12.9. The molecule has 0 unspecified atom stereocenters. The molecule has 0 aliphatic rings. The zero-order valence-electron chi connectivity index (χ0n) is 13.7. The molecule has 10 heteroatoms. The van der Waals surface area contributed by atoms with Crippen molar-refractivity contribution in [2.75, 3.05) is 18.5 Å². The fourth-order valence-electron chi connectivity index (χ4n) is 2.51. The highest BCUT2D eigenvalue weighted by molar-refractivity contribution is 5.96. The van der Waals surface area contributed by atoms with Crippen LogP contribution in [0.15, 0.2) is 48.8 Å². The molecule has 0 saturated carbocycles. The maximum Gasteiger partial charge on any atom is 0.421 e. The summed E-state index contributed by atoms with van der Waals surface area (Å²) in [6.45, 7) is 0.0583. The molecule has 1 aromatic carbocycles. The Bertz CT molecular complexity index is 979. The molecule has 1 N–H and O–H groups in total. The predicted molar refractivity (Wildman–Crippen MR) is 91.6 cm³/mol. The number of alkyl halides is 3. The maximum atomic E-state index is 12.9. The number of fused-ring (bicyclic) bond motifs is 1. The molecule has 0 aliphatic carbocycles. The van der Waals surface area contributed by atoms with E-state index in [4.69, 9.17) is 4.74 Å². The van der Waals surface area contributed by atoms with E-state index in [0.29, 0.717) is 16.6 Å². The van der Waals surface area contributed by atoms with Crippen molar-refractivity contribution in [3.8, 4) is 5.88 Å². The van der Waals surface area contributed by atoms with Crippen LogP contribution >= 0.6 is 0 Å². The topological polar surface area (TPSA) is 90.2 Å². The summed E-state index contributed by atoms with van der Waals surface area (Å²) in [5.74, 6) is -0.501. The Morgan fingerprint density at radius 2 is 1.85 bits per heavy atom. The van der Waals surface area contributed by atoms with E-state index >= 15 is 0 Å². The molecule has 2 heterocycles. The lowest BCUT2D eigenvalue weighted by Crippen LogP contribution is -2.15. The zero-order chi connectivity index (χ0) is 19.4. The molecule has 0 spiro atoms. The van der Waals surface area contributed by atoms with Gasteiger partial charge in [0.2, 0.25) is 5.88 Å². The Labute approximate surface area is 151 Å². The smallest absolute Gasteiger partial charge is 0.421 e. The molecule has 7 nitrogen and oxygen atoms in total. The number of halogens is 3. The third kappa shape index (κ3) is 4.05. The number of nitro benzene ring substituents is 1. The van der Waals surface area contributed by atoms with Crippen LogP contribution in [-0.4, -0.2) is 28.0 Å². The first kappa shape index (κ1) is 18.4. The Kier molecular flexibility index (Phi) is 5.06. The fraction of sp³-hybridized carbons (Fsp3) is 0.176. The summed E-state index contributed by atoms with van der Waals surface area (Å²) in [5, 5.41) is 14.4. The molecule has 140 valence electrons. The average molecular weight is 378 g/mol. The molecule has 2 aromatic heterocycles. The number of anilines is 1. The van der Waals surface area contributed by atoms with E-state index in [2.05, 4.69) is 15.3 Å². The van der Waals surface area contributed by atoms with Crippen molar-refractivity contribution in [2.45, 2.75) is 6.18 Å². The first-order valence-corrected chi connectivity index (χ1v) is 7.79. The zero-order valence-corrected chi connectivity index (χ0v) is 13.7. The highest BCUT2D eigenvalue weighted by Crippen LogP contribution is 2.34. The van der Waals surface area contributed by atoms with Gasteiger partial charge in [-0.25, -0.2) is 4.98 Å². The summed E-state index contributed by atoms with van der Waals surface area (Å²) < 4.78 is 43.8. The van der Waals surface area contributed by atoms with Crippen molar-refractivity contribution in [3.05, 3.63) is 64.5 Å². The Hall–Kier alpha value is -3.43. The van der Waals surface area contributed by atoms with Gasteiger partial charge < -0.3 is 10.1 Å². The SMILES string of the molecule is O=[N+]([O-])c1ccc(NCCOc2ncccc2C(F)(F)F)c2ncccc12. The summed E-state index contributed by atoms with van der Waals surface area (Å²) in [6.07, 6.45) is -1.85. The lowest BCUT2D eigenvalue weighted by Gasteiger charge is -2.13. The second-order valence-corrected chi connectivity index (χ2v) is 5.42. The first-order valence-electron chi connectivity index (χ1n) is 7.79. The predicted octanol–water partition coefficient (Wildman–Crippen LogP) is 4.05. The minimum Gasteiger partial charge on any atom is -0.475 e. The average Bonchev–Trinajstić information content (AvgIpc) is 2.64. The number of hydrogen-bond acceptors (Lipinski definition) is 6. The van der Waals surface area contributed by atoms with Crippen molar-refractivity contribution in [3.63, 3.8) is 0 Å². The minimum absolute atomic E-state index is 0.0804. The van der Waals surface area contributed by atoms with E-state index in [1.807, 2.05) is 0 Å².